The number of hydrogen-bond acceptors (Lipinski definition) is 4. The Balaban J connectivity index is 2.37. The van der Waals surface area contributed by atoms with Crippen LogP contribution in [0.5, 0.6) is 0 Å². The molecule has 0 bridgehead atoms. The second kappa shape index (κ2) is 13.2. The van der Waals surface area contributed by atoms with E-state index in [1.165, 1.54) is 0 Å². The van der Waals surface area contributed by atoms with Crippen LogP contribution in [-0.4, -0.2) is 54.0 Å². The quantitative estimate of drug-likeness (QED) is 0.192. The molecule has 0 spiro atoms. The average molecular weight is 526 g/mol. The standard InChI is InChI=1S/C24H35IN2O3/c1-18(2)22(17-30-3)26-24(19-11-7-6-8-12-19)27-16-21(25)23(29)15-20(27)13-9-4-5-10-14-28/h6-8,11-12,16,18,20,22,28H,4-5,9-10,13-15,17H2,1-3H3/t20-,22-/m1/s1. The molecule has 0 amide bonds. The molecule has 1 heterocycles. The van der Waals surface area contributed by atoms with E-state index < -0.39 is 0 Å². The molecule has 1 aliphatic rings. The zero-order chi connectivity index (χ0) is 21.9. The molecule has 0 saturated carbocycles. The molecule has 0 fully saturated rings. The van der Waals surface area contributed by atoms with Gasteiger partial charge in [-0.15, -0.1) is 0 Å². The number of methoxy groups -OCH3 is 1. The fourth-order valence-electron chi connectivity index (χ4n) is 3.61. The van der Waals surface area contributed by atoms with Crippen molar-refractivity contribution in [2.24, 2.45) is 10.9 Å². The number of aliphatic imine (C=N–C) groups is 1. The SMILES string of the molecule is COC[C@@H](N=C(c1ccccc1)N1C=C(I)C(=O)C[C@H]1CCCCCCO)C(C)C. The highest BCUT2D eigenvalue weighted by molar-refractivity contribution is 14.1. The van der Waals surface area contributed by atoms with Gasteiger partial charge >= 0.3 is 0 Å². The highest BCUT2D eigenvalue weighted by Gasteiger charge is 2.30. The number of unbranched alkanes of at least 4 members (excludes halogenated alkanes) is 3. The number of nitrogens with zero attached hydrogens (tertiary/aromatic N) is 2. The molecule has 0 aliphatic carbocycles. The normalized spacial score (nSPS) is 18.7. The zero-order valence-electron chi connectivity index (χ0n) is 18.4. The molecule has 0 unspecified atom stereocenters. The first kappa shape index (κ1) is 25.0. The first-order chi connectivity index (χ1) is 14.5. The van der Waals surface area contributed by atoms with E-state index in [9.17, 15) is 4.79 Å². The first-order valence-electron chi connectivity index (χ1n) is 10.9. The molecule has 2 rings (SSSR count). The van der Waals surface area contributed by atoms with Crippen LogP contribution >= 0.6 is 22.6 Å². The Morgan fingerprint density at radius 2 is 1.93 bits per heavy atom. The van der Waals surface area contributed by atoms with E-state index in [0.717, 1.165) is 47.1 Å². The lowest BCUT2D eigenvalue weighted by atomic mass is 9.97. The number of amidine groups is 1. The van der Waals surface area contributed by atoms with Gasteiger partial charge in [0.05, 0.1) is 16.2 Å². The summed E-state index contributed by atoms with van der Waals surface area (Å²) in [5, 5.41) is 9.00. The van der Waals surface area contributed by atoms with Crippen LogP contribution < -0.4 is 0 Å². The number of aliphatic hydroxyl groups excluding tert-OH is 1. The fourth-order valence-corrected chi connectivity index (χ4v) is 4.13. The maximum Gasteiger partial charge on any atom is 0.172 e. The zero-order valence-corrected chi connectivity index (χ0v) is 20.5. The molecule has 0 saturated heterocycles. The fraction of sp³-hybridized carbons (Fsp3) is 0.583. The number of allylic oxidation sites excluding steroid dienone is 1. The van der Waals surface area contributed by atoms with Crippen LogP contribution in [0.25, 0.3) is 0 Å². The number of Topliss-reactive ketones (excluding diaryl/α,β-unsaturated/α-hetero) is 1. The monoisotopic (exact) mass is 526 g/mol. The number of ether oxygens (including phenoxy) is 1. The number of halogens is 1. The minimum Gasteiger partial charge on any atom is -0.396 e. The second-order valence-electron chi connectivity index (χ2n) is 8.18. The summed E-state index contributed by atoms with van der Waals surface area (Å²) in [6, 6.07) is 10.4. The topological polar surface area (TPSA) is 62.1 Å². The molecule has 0 radical (unpaired) electrons. The molecule has 1 aromatic carbocycles. The van der Waals surface area contributed by atoms with Gasteiger partial charge in [-0.2, -0.15) is 0 Å². The van der Waals surface area contributed by atoms with Crippen LogP contribution in [0.4, 0.5) is 0 Å². The summed E-state index contributed by atoms with van der Waals surface area (Å²) >= 11 is 2.14. The van der Waals surface area contributed by atoms with E-state index in [4.69, 9.17) is 14.8 Å². The van der Waals surface area contributed by atoms with Crippen LogP contribution in [0.15, 0.2) is 45.1 Å². The summed E-state index contributed by atoms with van der Waals surface area (Å²) in [5.41, 5.74) is 1.05. The maximum absolute atomic E-state index is 12.5. The predicted octanol–water partition coefficient (Wildman–Crippen LogP) is 4.97. The highest BCUT2D eigenvalue weighted by Crippen LogP contribution is 2.28. The van der Waals surface area contributed by atoms with Gasteiger partial charge in [-0.05, 0) is 41.4 Å². The van der Waals surface area contributed by atoms with E-state index in [1.807, 2.05) is 24.4 Å². The lowest BCUT2D eigenvalue weighted by Gasteiger charge is -2.36. The predicted molar refractivity (Wildman–Crippen MR) is 131 cm³/mol. The Hall–Kier alpha value is -1.25. The Morgan fingerprint density at radius 1 is 1.23 bits per heavy atom. The summed E-state index contributed by atoms with van der Waals surface area (Å²) in [7, 11) is 1.71. The smallest absolute Gasteiger partial charge is 0.172 e. The Labute approximate surface area is 194 Å². The number of ketones is 1. The molecule has 2 atom stereocenters. The molecule has 1 N–H and O–H groups in total. The average Bonchev–Trinajstić information content (AvgIpc) is 2.74. The largest absolute Gasteiger partial charge is 0.396 e. The van der Waals surface area contributed by atoms with Crippen molar-refractivity contribution in [3.63, 3.8) is 0 Å². The van der Waals surface area contributed by atoms with E-state index in [1.54, 1.807) is 7.11 Å². The van der Waals surface area contributed by atoms with Crippen LogP contribution in [-0.2, 0) is 9.53 Å². The highest BCUT2D eigenvalue weighted by atomic mass is 127. The third-order valence-corrected chi connectivity index (χ3v) is 6.33. The van der Waals surface area contributed by atoms with E-state index in [2.05, 4.69) is 53.5 Å². The van der Waals surface area contributed by atoms with Gasteiger partial charge in [0, 0.05) is 37.9 Å². The number of rotatable bonds is 11. The summed E-state index contributed by atoms with van der Waals surface area (Å²) in [5.74, 6) is 1.46. The minimum atomic E-state index is 0.0408. The van der Waals surface area contributed by atoms with Crippen LogP contribution in [0.3, 0.4) is 0 Å². The lowest BCUT2D eigenvalue weighted by Crippen LogP contribution is -2.42. The molecule has 5 nitrogen and oxygen atoms in total. The van der Waals surface area contributed by atoms with Crippen molar-refractivity contribution in [3.8, 4) is 0 Å². The third kappa shape index (κ3) is 7.46. The first-order valence-corrected chi connectivity index (χ1v) is 12.0. The summed E-state index contributed by atoms with van der Waals surface area (Å²) in [4.78, 5) is 19.9. The van der Waals surface area contributed by atoms with Gasteiger partial charge in [-0.25, -0.2) is 0 Å². The van der Waals surface area contributed by atoms with Crippen LogP contribution in [0, 0.1) is 5.92 Å². The summed E-state index contributed by atoms with van der Waals surface area (Å²) < 4.78 is 6.19. The number of benzene rings is 1. The Kier molecular flexibility index (Phi) is 11.0. The Morgan fingerprint density at radius 3 is 2.57 bits per heavy atom. The van der Waals surface area contributed by atoms with Crippen molar-refractivity contribution in [2.75, 3.05) is 20.3 Å². The lowest BCUT2D eigenvalue weighted by molar-refractivity contribution is -0.116. The van der Waals surface area contributed by atoms with Crippen molar-refractivity contribution in [1.29, 1.82) is 0 Å². The van der Waals surface area contributed by atoms with Crippen LogP contribution in [0.2, 0.25) is 0 Å². The van der Waals surface area contributed by atoms with Gasteiger partial charge in [-0.3, -0.25) is 9.79 Å². The van der Waals surface area contributed by atoms with Gasteiger partial charge < -0.3 is 14.7 Å². The van der Waals surface area contributed by atoms with Gasteiger partial charge in [0.1, 0.15) is 5.84 Å². The van der Waals surface area contributed by atoms with Crippen molar-refractivity contribution < 1.29 is 14.6 Å². The van der Waals surface area contributed by atoms with Crippen molar-refractivity contribution in [1.82, 2.24) is 4.90 Å². The molecular formula is C24H35IN2O3. The molecule has 166 valence electrons. The van der Waals surface area contributed by atoms with Gasteiger partial charge in [-0.1, -0.05) is 63.4 Å². The summed E-state index contributed by atoms with van der Waals surface area (Å²) in [6.07, 6.45) is 7.38. The molecule has 1 aliphatic heterocycles. The molecule has 0 aromatic heterocycles. The van der Waals surface area contributed by atoms with Crippen molar-refractivity contribution >= 4 is 34.2 Å². The van der Waals surface area contributed by atoms with E-state index in [0.29, 0.717) is 18.9 Å². The van der Waals surface area contributed by atoms with E-state index >= 15 is 0 Å². The molecule has 30 heavy (non-hydrogen) atoms. The molecule has 6 heteroatoms. The number of carbonyl (C=O) groups is 1. The summed E-state index contributed by atoms with van der Waals surface area (Å²) in [6.45, 7) is 5.13. The molecule has 1 aromatic rings. The number of hydrogen-bond donors (Lipinski definition) is 1. The van der Waals surface area contributed by atoms with Gasteiger partial charge in [0.15, 0.2) is 5.78 Å². The molecular weight excluding hydrogens is 491 g/mol. The number of carbonyl (C=O) groups excluding carboxylic acids is 1. The van der Waals surface area contributed by atoms with Gasteiger partial charge in [0.25, 0.3) is 0 Å². The van der Waals surface area contributed by atoms with Gasteiger partial charge in [0.2, 0.25) is 0 Å². The van der Waals surface area contributed by atoms with E-state index in [-0.39, 0.29) is 24.5 Å². The van der Waals surface area contributed by atoms with Crippen molar-refractivity contribution in [2.45, 2.75) is 64.5 Å². The number of aliphatic hydroxyl groups is 1. The second-order valence-corrected chi connectivity index (χ2v) is 9.34. The van der Waals surface area contributed by atoms with Crippen LogP contribution in [0.1, 0.15) is 57.9 Å². The van der Waals surface area contributed by atoms with Crippen molar-refractivity contribution in [3.05, 3.63) is 45.7 Å². The minimum absolute atomic E-state index is 0.0408. The maximum atomic E-state index is 12.5. The Bertz CT molecular complexity index is 718. The third-order valence-electron chi connectivity index (χ3n) is 5.45.